The maximum absolute atomic E-state index is 12.5. The van der Waals surface area contributed by atoms with Gasteiger partial charge in [0.1, 0.15) is 0 Å². The molecule has 0 heterocycles. The Morgan fingerprint density at radius 1 is 0.373 bits per heavy atom. The molecule has 0 amide bonds. The molecule has 8 heteroatoms. The van der Waals surface area contributed by atoms with Crippen LogP contribution in [0.5, 0.6) is 0 Å². The van der Waals surface area contributed by atoms with Crippen LogP contribution in [-0.2, 0) is 33.3 Å². The Morgan fingerprint density at radius 3 is 1.14 bits per heavy atom. The molecule has 0 aliphatic carbocycles. The predicted octanol–water partition coefficient (Wildman–Crippen LogP) is 14.0. The van der Waals surface area contributed by atoms with Crippen LogP contribution in [0.1, 0.15) is 240 Å². The summed E-state index contributed by atoms with van der Waals surface area (Å²) in [6.45, 7) is 12.5. The fourth-order valence-corrected chi connectivity index (χ4v) is 7.99. The summed E-state index contributed by atoms with van der Waals surface area (Å²) >= 11 is 0. The first-order valence-corrected chi connectivity index (χ1v) is 25.4. The Balaban J connectivity index is 4.45. The van der Waals surface area contributed by atoms with Crippen molar-refractivity contribution < 1.29 is 33.3 Å². The molecule has 0 rings (SSSR count). The van der Waals surface area contributed by atoms with E-state index < -0.39 is 0 Å². The third-order valence-corrected chi connectivity index (χ3v) is 12.0. The van der Waals surface area contributed by atoms with E-state index in [1.54, 1.807) is 0 Å². The zero-order valence-electron chi connectivity index (χ0n) is 40.1. The second-order valence-corrected chi connectivity index (χ2v) is 18.1. The number of rotatable bonds is 46. The minimum atomic E-state index is -0.175. The summed E-state index contributed by atoms with van der Waals surface area (Å²) in [6.07, 6.45) is 36.5. The molecule has 0 N–H and O–H groups in total. The summed E-state index contributed by atoms with van der Waals surface area (Å²) in [5.74, 6) is 1.49. The van der Waals surface area contributed by atoms with E-state index in [1.807, 2.05) is 14.1 Å². The third-order valence-electron chi connectivity index (χ3n) is 12.0. The molecule has 0 spiro atoms. The number of likely N-dealkylation sites (N-methyl/N-ethyl adjacent to an activating group) is 1. The monoisotopic (exact) mass is 838 g/mol. The van der Waals surface area contributed by atoms with Crippen LogP contribution in [-0.4, -0.2) is 76.5 Å². The number of carbonyl (C=O) groups excluding carboxylic acids is 3. The van der Waals surface area contributed by atoms with E-state index in [2.05, 4.69) is 32.6 Å². The topological polar surface area (TPSA) is 91.4 Å². The lowest BCUT2D eigenvalue weighted by Crippen LogP contribution is -2.20. The first-order valence-electron chi connectivity index (χ1n) is 25.4. The molecular formula is C51H99NO7. The fraction of sp³-hybridized carbons (Fsp3) is 0.941. The lowest BCUT2D eigenvalue weighted by atomic mass is 9.92. The summed E-state index contributed by atoms with van der Waals surface area (Å²) in [5.41, 5.74) is 0. The van der Waals surface area contributed by atoms with Gasteiger partial charge in [0, 0.05) is 19.4 Å². The molecule has 0 radical (unpaired) electrons. The first-order chi connectivity index (χ1) is 28.7. The van der Waals surface area contributed by atoms with Crippen molar-refractivity contribution in [3.05, 3.63) is 0 Å². The van der Waals surface area contributed by atoms with Crippen molar-refractivity contribution in [1.82, 2.24) is 4.90 Å². The second kappa shape index (κ2) is 44.4. The number of hydrogen-bond donors (Lipinski definition) is 0. The summed E-state index contributed by atoms with van der Waals surface area (Å²) in [5, 5.41) is 0. The summed E-state index contributed by atoms with van der Waals surface area (Å²) in [6, 6.07) is 0. The first kappa shape index (κ1) is 57.3. The number of hydrogen-bond acceptors (Lipinski definition) is 8. The summed E-state index contributed by atoms with van der Waals surface area (Å²) in [4.78, 5) is 39.4. The molecule has 0 bridgehead atoms. The van der Waals surface area contributed by atoms with Crippen LogP contribution in [0.4, 0.5) is 0 Å². The molecule has 0 aliphatic heterocycles. The van der Waals surface area contributed by atoms with Gasteiger partial charge in [-0.3, -0.25) is 14.4 Å². The van der Waals surface area contributed by atoms with Crippen molar-refractivity contribution >= 4 is 17.9 Å². The Hall–Kier alpha value is -1.67. The van der Waals surface area contributed by atoms with E-state index in [9.17, 15) is 14.4 Å². The van der Waals surface area contributed by atoms with Crippen LogP contribution in [0, 0.1) is 17.8 Å². The molecule has 0 aliphatic rings. The number of unbranched alkanes of at least 4 members (excludes halogenated alkanes) is 16. The van der Waals surface area contributed by atoms with Crippen molar-refractivity contribution in [2.24, 2.45) is 17.8 Å². The largest absolute Gasteiger partial charge is 0.466 e. The van der Waals surface area contributed by atoms with Crippen LogP contribution < -0.4 is 0 Å². The van der Waals surface area contributed by atoms with E-state index >= 15 is 0 Å². The number of carbonyl (C=O) groups is 3. The number of nitrogens with zero attached hydrogens (tertiary/aromatic N) is 1. The van der Waals surface area contributed by atoms with E-state index in [0.29, 0.717) is 70.1 Å². The molecule has 0 saturated heterocycles. The molecule has 0 fully saturated rings. The van der Waals surface area contributed by atoms with Crippen LogP contribution in [0.2, 0.25) is 0 Å². The Bertz CT molecular complexity index is 852. The van der Waals surface area contributed by atoms with Gasteiger partial charge < -0.3 is 23.8 Å². The standard InChI is InChI=1S/C51H99NO7/c1-7-11-21-29-46(30-22-12-8-2)37-42-57-49(53)35-27-19-15-17-25-33-48(45-59-51(55)39-41-56-44-40-52(5)6)34-26-18-16-20-28-36-50(54)58-43-38-47(31-23-13-9-3)32-24-14-10-4/h46-48H,7-45H2,1-6H3. The zero-order chi connectivity index (χ0) is 43.4. The minimum Gasteiger partial charge on any atom is -0.466 e. The molecule has 0 aromatic carbocycles. The number of ether oxygens (including phenoxy) is 4. The van der Waals surface area contributed by atoms with E-state index in [-0.39, 0.29) is 17.9 Å². The average Bonchev–Trinajstić information content (AvgIpc) is 3.21. The molecular weight excluding hydrogens is 739 g/mol. The molecule has 0 unspecified atom stereocenters. The maximum Gasteiger partial charge on any atom is 0.308 e. The summed E-state index contributed by atoms with van der Waals surface area (Å²) < 4.78 is 22.6. The smallest absolute Gasteiger partial charge is 0.308 e. The Morgan fingerprint density at radius 2 is 0.729 bits per heavy atom. The van der Waals surface area contributed by atoms with Gasteiger partial charge in [0.2, 0.25) is 0 Å². The quantitative estimate of drug-likeness (QED) is 0.0340. The molecule has 0 aromatic rings. The van der Waals surface area contributed by atoms with Gasteiger partial charge in [0.05, 0.1) is 39.5 Å². The normalized spacial score (nSPS) is 11.7. The minimum absolute atomic E-state index is 0.0366. The second-order valence-electron chi connectivity index (χ2n) is 18.1. The molecule has 8 nitrogen and oxygen atoms in total. The van der Waals surface area contributed by atoms with Gasteiger partial charge in [-0.05, 0) is 70.4 Å². The highest BCUT2D eigenvalue weighted by Gasteiger charge is 2.15. The van der Waals surface area contributed by atoms with Gasteiger partial charge >= 0.3 is 17.9 Å². The van der Waals surface area contributed by atoms with Crippen molar-refractivity contribution in [3.63, 3.8) is 0 Å². The molecule has 350 valence electrons. The Kier molecular flexibility index (Phi) is 43.1. The maximum atomic E-state index is 12.5. The van der Waals surface area contributed by atoms with Gasteiger partial charge in [0.15, 0.2) is 0 Å². The van der Waals surface area contributed by atoms with Gasteiger partial charge in [-0.15, -0.1) is 0 Å². The predicted molar refractivity (Wildman–Crippen MR) is 248 cm³/mol. The van der Waals surface area contributed by atoms with E-state index in [4.69, 9.17) is 18.9 Å². The highest BCUT2D eigenvalue weighted by Crippen LogP contribution is 2.24. The van der Waals surface area contributed by atoms with Crippen LogP contribution in [0.25, 0.3) is 0 Å². The van der Waals surface area contributed by atoms with Gasteiger partial charge in [-0.25, -0.2) is 0 Å². The van der Waals surface area contributed by atoms with Crippen LogP contribution >= 0.6 is 0 Å². The average molecular weight is 838 g/mol. The van der Waals surface area contributed by atoms with E-state index in [0.717, 1.165) is 96.4 Å². The molecule has 0 aromatic heterocycles. The fourth-order valence-electron chi connectivity index (χ4n) is 7.99. The highest BCUT2D eigenvalue weighted by atomic mass is 16.5. The van der Waals surface area contributed by atoms with Crippen molar-refractivity contribution in [1.29, 1.82) is 0 Å². The van der Waals surface area contributed by atoms with Gasteiger partial charge in [-0.2, -0.15) is 0 Å². The Labute approximate surface area is 366 Å². The lowest BCUT2D eigenvalue weighted by molar-refractivity contribution is -0.147. The highest BCUT2D eigenvalue weighted by molar-refractivity contribution is 5.70. The van der Waals surface area contributed by atoms with Crippen molar-refractivity contribution in [2.75, 3.05) is 53.7 Å². The van der Waals surface area contributed by atoms with E-state index in [1.165, 1.54) is 103 Å². The third kappa shape index (κ3) is 41.5. The number of esters is 3. The molecule has 59 heavy (non-hydrogen) atoms. The van der Waals surface area contributed by atoms with Crippen LogP contribution in [0.3, 0.4) is 0 Å². The summed E-state index contributed by atoms with van der Waals surface area (Å²) in [7, 11) is 4.02. The van der Waals surface area contributed by atoms with Crippen molar-refractivity contribution in [2.45, 2.75) is 240 Å². The van der Waals surface area contributed by atoms with Gasteiger partial charge in [0.25, 0.3) is 0 Å². The lowest BCUT2D eigenvalue weighted by Gasteiger charge is -2.17. The zero-order valence-corrected chi connectivity index (χ0v) is 40.1. The molecule has 0 saturated carbocycles. The van der Waals surface area contributed by atoms with Gasteiger partial charge in [-0.1, -0.05) is 182 Å². The molecule has 0 atom stereocenters. The van der Waals surface area contributed by atoms with Crippen LogP contribution in [0.15, 0.2) is 0 Å². The van der Waals surface area contributed by atoms with Crippen molar-refractivity contribution in [3.8, 4) is 0 Å². The SMILES string of the molecule is CCCCCC(CCCCC)CCOC(=O)CCCCCCCC(CCCCCCCC(=O)OCCC(CCCCC)CCCCC)COC(=O)CCOCCN(C)C.